The van der Waals surface area contributed by atoms with Crippen LogP contribution in [0.2, 0.25) is 0 Å². The summed E-state index contributed by atoms with van der Waals surface area (Å²) < 4.78 is 29.7. The topological polar surface area (TPSA) is 109 Å². The van der Waals surface area contributed by atoms with E-state index in [1.54, 1.807) is 12.3 Å². The highest BCUT2D eigenvalue weighted by molar-refractivity contribution is 6.20. The first-order valence-electron chi connectivity index (χ1n) is 9.96. The van der Waals surface area contributed by atoms with Crippen LogP contribution in [-0.4, -0.2) is 45.8 Å². The molecule has 2 fully saturated rings. The van der Waals surface area contributed by atoms with E-state index in [0.29, 0.717) is 23.1 Å². The zero-order valence-electron chi connectivity index (χ0n) is 16.6. The van der Waals surface area contributed by atoms with E-state index in [1.807, 2.05) is 6.07 Å². The number of piperidine rings is 1. The van der Waals surface area contributed by atoms with Crippen molar-refractivity contribution in [1.29, 1.82) is 0 Å². The third-order valence-corrected chi connectivity index (χ3v) is 5.90. The summed E-state index contributed by atoms with van der Waals surface area (Å²) in [6, 6.07) is 9.27. The van der Waals surface area contributed by atoms with Gasteiger partial charge in [-0.15, -0.1) is 8.78 Å². The Labute approximate surface area is 186 Å². The molecule has 2 aliphatic rings. The number of anilines is 2. The van der Waals surface area contributed by atoms with E-state index >= 15 is 0 Å². The molecule has 1 amide bonds. The molecule has 4 N–H and O–H groups in total. The van der Waals surface area contributed by atoms with Crippen LogP contribution in [0.1, 0.15) is 10.4 Å². The lowest BCUT2D eigenvalue weighted by Crippen LogP contribution is -2.29. The second-order valence-corrected chi connectivity index (χ2v) is 8.34. The first-order chi connectivity index (χ1) is 15.3. The summed E-state index contributed by atoms with van der Waals surface area (Å²) in [6.07, 6.45) is 3.15. The normalized spacial score (nSPS) is 21.9. The largest absolute Gasteiger partial charge is 0.487 e. The van der Waals surface area contributed by atoms with Crippen LogP contribution in [-0.2, 0) is 0 Å². The molecule has 2 atom stereocenters. The molecule has 1 saturated heterocycles. The predicted molar refractivity (Wildman–Crippen MR) is 115 cm³/mol. The van der Waals surface area contributed by atoms with E-state index in [1.165, 1.54) is 30.5 Å². The van der Waals surface area contributed by atoms with Crippen LogP contribution in [0.3, 0.4) is 0 Å². The van der Waals surface area contributed by atoms with Crippen LogP contribution in [0.25, 0.3) is 11.3 Å². The van der Waals surface area contributed by atoms with E-state index in [9.17, 15) is 13.6 Å². The van der Waals surface area contributed by atoms with Gasteiger partial charge in [0.15, 0.2) is 0 Å². The molecule has 8 nitrogen and oxygen atoms in total. The van der Waals surface area contributed by atoms with E-state index in [4.69, 9.17) is 17.3 Å². The minimum Gasteiger partial charge on any atom is -0.420 e. The molecule has 166 valence electrons. The van der Waals surface area contributed by atoms with Crippen LogP contribution in [0, 0.1) is 11.8 Å². The number of rotatable bonds is 6. The number of amides is 1. The van der Waals surface area contributed by atoms with Gasteiger partial charge in [-0.25, -0.2) is 4.98 Å². The molecule has 1 aliphatic carbocycles. The highest BCUT2D eigenvalue weighted by atomic mass is 35.5. The second-order valence-electron chi connectivity index (χ2n) is 7.90. The molecule has 0 bridgehead atoms. The Hall–Kier alpha value is -3.24. The van der Waals surface area contributed by atoms with Crippen molar-refractivity contribution in [2.24, 2.45) is 17.6 Å². The first kappa shape index (κ1) is 20.7. The van der Waals surface area contributed by atoms with Gasteiger partial charge in [0, 0.05) is 54.4 Å². The smallest absolute Gasteiger partial charge is 0.420 e. The lowest BCUT2D eigenvalue weighted by Gasteiger charge is -2.23. The van der Waals surface area contributed by atoms with Gasteiger partial charge < -0.3 is 20.7 Å². The van der Waals surface area contributed by atoms with Crippen molar-refractivity contribution in [3.8, 4) is 17.0 Å². The minimum absolute atomic E-state index is 0.126. The number of nitrogens with zero attached hydrogens (tertiary/aromatic N) is 3. The molecule has 1 aliphatic heterocycles. The molecule has 0 spiro atoms. The van der Waals surface area contributed by atoms with Crippen molar-refractivity contribution in [2.75, 3.05) is 23.3 Å². The molecular weight excluding hydrogens is 442 g/mol. The Bertz CT molecular complexity index is 1120. The number of alkyl halides is 3. The first-order valence-corrected chi connectivity index (χ1v) is 10.3. The molecule has 0 radical (unpaired) electrons. The average molecular weight is 461 g/mol. The Kier molecular flexibility index (Phi) is 4.98. The molecule has 5 rings (SSSR count). The second kappa shape index (κ2) is 7.72. The van der Waals surface area contributed by atoms with Gasteiger partial charge in [-0.1, -0.05) is 0 Å². The van der Waals surface area contributed by atoms with Crippen molar-refractivity contribution in [2.45, 2.75) is 11.6 Å². The van der Waals surface area contributed by atoms with Crippen LogP contribution >= 0.6 is 11.6 Å². The summed E-state index contributed by atoms with van der Waals surface area (Å²) in [5.74, 6) is 1.22. The third kappa shape index (κ3) is 4.11. The van der Waals surface area contributed by atoms with Crippen molar-refractivity contribution in [3.63, 3.8) is 0 Å². The van der Waals surface area contributed by atoms with Crippen molar-refractivity contribution < 1.29 is 18.3 Å². The van der Waals surface area contributed by atoms with Crippen LogP contribution in [0.15, 0.2) is 48.8 Å². The van der Waals surface area contributed by atoms with E-state index in [-0.39, 0.29) is 11.8 Å². The number of pyridine rings is 1. The number of carbonyl (C=O) groups is 1. The zero-order valence-corrected chi connectivity index (χ0v) is 17.4. The third-order valence-electron chi connectivity index (χ3n) is 5.83. The fraction of sp³-hybridized carbons (Fsp3) is 0.286. The Morgan fingerprint density at radius 3 is 2.59 bits per heavy atom. The maximum Gasteiger partial charge on any atom is 0.487 e. The summed E-state index contributed by atoms with van der Waals surface area (Å²) in [7, 11) is 0. The van der Waals surface area contributed by atoms with Gasteiger partial charge in [0.2, 0.25) is 0 Å². The average Bonchev–Trinajstić information content (AvgIpc) is 3.20. The number of ether oxygens (including phenoxy) is 1. The zero-order chi connectivity index (χ0) is 22.5. The number of hydrogen-bond donors (Lipinski definition) is 3. The predicted octanol–water partition coefficient (Wildman–Crippen LogP) is 3.29. The lowest BCUT2D eigenvalue weighted by atomic mass is 10.1. The number of aromatic nitrogens is 3. The van der Waals surface area contributed by atoms with Gasteiger partial charge in [-0.05, 0) is 48.2 Å². The number of hydrogen-bond acceptors (Lipinski definition) is 6. The highest BCUT2D eigenvalue weighted by Crippen LogP contribution is 2.46. The van der Waals surface area contributed by atoms with Gasteiger partial charge in [-0.2, -0.15) is 5.10 Å². The van der Waals surface area contributed by atoms with Gasteiger partial charge >= 0.3 is 5.57 Å². The Morgan fingerprint density at radius 1 is 1.25 bits per heavy atom. The summed E-state index contributed by atoms with van der Waals surface area (Å²) >= 11 is 4.76. The van der Waals surface area contributed by atoms with Gasteiger partial charge in [0.25, 0.3) is 5.91 Å². The quantitative estimate of drug-likeness (QED) is 0.487. The number of halogens is 3. The Morgan fingerprint density at radius 2 is 1.97 bits per heavy atom. The molecule has 32 heavy (non-hydrogen) atoms. The van der Waals surface area contributed by atoms with Crippen LogP contribution in [0.5, 0.6) is 5.75 Å². The highest BCUT2D eigenvalue weighted by Gasteiger charge is 2.54. The molecule has 2 unspecified atom stereocenters. The van der Waals surface area contributed by atoms with Gasteiger partial charge in [0.05, 0.1) is 11.3 Å². The SMILES string of the molecule is NC1C2CN(c3ncc(C(=O)Nc4ccc(OC(F)(F)Cl)cc4)cc3-c3ccn[nH]3)CC12. The maximum atomic E-state index is 12.8. The van der Waals surface area contributed by atoms with E-state index in [0.717, 1.165) is 30.2 Å². The van der Waals surface area contributed by atoms with E-state index in [2.05, 4.69) is 30.1 Å². The minimum atomic E-state index is -3.80. The van der Waals surface area contributed by atoms with Gasteiger partial charge in [0.1, 0.15) is 11.6 Å². The number of fused-ring (bicyclic) bond motifs is 1. The molecule has 1 saturated carbocycles. The van der Waals surface area contributed by atoms with Crippen LogP contribution in [0.4, 0.5) is 20.3 Å². The molecule has 3 aromatic rings. The fourth-order valence-electron chi connectivity index (χ4n) is 4.13. The Balaban J connectivity index is 1.35. The summed E-state index contributed by atoms with van der Waals surface area (Å²) in [5.41, 5.74) is 4.50. The van der Waals surface area contributed by atoms with Crippen molar-refractivity contribution in [3.05, 3.63) is 54.4 Å². The fourth-order valence-corrected chi connectivity index (χ4v) is 4.22. The van der Waals surface area contributed by atoms with Crippen molar-refractivity contribution >= 4 is 29.0 Å². The van der Waals surface area contributed by atoms with Crippen molar-refractivity contribution in [1.82, 2.24) is 15.2 Å². The van der Waals surface area contributed by atoms with Crippen LogP contribution < -0.4 is 20.7 Å². The summed E-state index contributed by atoms with van der Waals surface area (Å²) in [4.78, 5) is 19.6. The molecule has 1 aromatic carbocycles. The van der Waals surface area contributed by atoms with Gasteiger partial charge in [-0.3, -0.25) is 9.89 Å². The number of carbonyl (C=O) groups excluding carboxylic acids is 1. The number of benzene rings is 1. The number of H-pyrrole nitrogens is 1. The number of nitrogens with one attached hydrogen (secondary N) is 2. The number of nitrogens with two attached hydrogens (primary N) is 1. The summed E-state index contributed by atoms with van der Waals surface area (Å²) in [6.45, 7) is 1.67. The maximum absolute atomic E-state index is 12.8. The summed E-state index contributed by atoms with van der Waals surface area (Å²) in [5, 5.41) is 9.66. The standard InChI is InChI=1S/C21H19ClF2N6O2/c22-21(23,24)32-13-3-1-12(2-4-13)28-20(31)11-7-14(17-5-6-27-29-17)19(26-8-11)30-9-15-16(10-30)18(15)25/h1-8,15-16,18H,9-10,25H2,(H,27,29)(H,28,31). The molecule has 11 heteroatoms. The molecule has 2 aromatic heterocycles. The lowest BCUT2D eigenvalue weighted by molar-refractivity contribution is -0.0964. The monoisotopic (exact) mass is 460 g/mol. The number of aromatic amines is 1. The molecule has 3 heterocycles. The van der Waals surface area contributed by atoms with E-state index < -0.39 is 11.5 Å². The molecular formula is C21H19ClF2N6O2.